The molecule has 0 bridgehead atoms. The number of nitrogens with one attached hydrogen (secondary N) is 1. The van der Waals surface area contributed by atoms with Gasteiger partial charge in [-0.3, -0.25) is 0 Å². The monoisotopic (exact) mass is 526 g/mol. The second kappa shape index (κ2) is 9.16. The predicted molar refractivity (Wildman–Crippen MR) is 160 cm³/mol. The van der Waals surface area contributed by atoms with Crippen molar-refractivity contribution in [3.63, 3.8) is 0 Å². The molecule has 1 unspecified atom stereocenters. The first-order valence-corrected chi connectivity index (χ1v) is 13.8. The van der Waals surface area contributed by atoms with Crippen LogP contribution in [0.25, 0.3) is 10.8 Å². The van der Waals surface area contributed by atoms with Crippen molar-refractivity contribution in [2.75, 3.05) is 23.3 Å². The minimum absolute atomic E-state index is 0.327. The van der Waals surface area contributed by atoms with E-state index in [9.17, 15) is 4.79 Å². The molecule has 2 aliphatic heterocycles. The zero-order valence-electron chi connectivity index (χ0n) is 22.8. The van der Waals surface area contributed by atoms with Crippen molar-refractivity contribution in [1.82, 2.24) is 0 Å². The Morgan fingerprint density at radius 1 is 0.750 bits per heavy atom. The van der Waals surface area contributed by atoms with Gasteiger partial charge < -0.3 is 19.7 Å². The number of rotatable bonds is 5. The van der Waals surface area contributed by atoms with E-state index in [0.29, 0.717) is 17.1 Å². The molecule has 2 aliphatic rings. The third-order valence-corrected chi connectivity index (χ3v) is 8.23. The average molecular weight is 527 g/mol. The molecule has 1 N–H and O–H groups in total. The highest BCUT2D eigenvalue weighted by Gasteiger charge is 2.53. The van der Waals surface area contributed by atoms with Crippen LogP contribution in [0.3, 0.4) is 0 Å². The molecule has 0 fully saturated rings. The summed E-state index contributed by atoms with van der Waals surface area (Å²) in [4.78, 5) is 15.6. The summed E-state index contributed by atoms with van der Waals surface area (Å²) in [6, 6.07) is 32.6. The number of nitrogens with zero attached hydrogens (tertiary/aromatic N) is 1. The van der Waals surface area contributed by atoms with Crippen LogP contribution in [0.15, 0.2) is 97.1 Å². The zero-order chi connectivity index (χ0) is 27.4. The SMILES string of the molecule is CCN(CC)c1ccc2c(c1)Oc1cc(C)c(Nc3cccc4ccccc34)cc1C21OC(=O)c2ccccc21. The van der Waals surface area contributed by atoms with Crippen LogP contribution in [0.5, 0.6) is 11.5 Å². The van der Waals surface area contributed by atoms with Crippen LogP contribution in [0.4, 0.5) is 17.1 Å². The first kappa shape index (κ1) is 24.3. The molecule has 1 atom stereocenters. The van der Waals surface area contributed by atoms with Gasteiger partial charge in [-0.2, -0.15) is 0 Å². The van der Waals surface area contributed by atoms with Crippen molar-refractivity contribution in [1.29, 1.82) is 0 Å². The normalized spacial score (nSPS) is 16.6. The number of hydrogen-bond donors (Lipinski definition) is 1. The number of benzene rings is 5. The molecular formula is C35H30N2O3. The lowest BCUT2D eigenvalue weighted by Gasteiger charge is -2.37. The molecule has 5 nitrogen and oxygen atoms in total. The first-order chi connectivity index (χ1) is 19.5. The largest absolute Gasteiger partial charge is 0.456 e. The van der Waals surface area contributed by atoms with Crippen molar-refractivity contribution in [3.05, 3.63) is 125 Å². The van der Waals surface area contributed by atoms with Crippen molar-refractivity contribution in [2.24, 2.45) is 0 Å². The zero-order valence-corrected chi connectivity index (χ0v) is 22.8. The number of hydrogen-bond acceptors (Lipinski definition) is 5. The molecule has 40 heavy (non-hydrogen) atoms. The second-order valence-electron chi connectivity index (χ2n) is 10.4. The molecule has 0 aliphatic carbocycles. The van der Waals surface area contributed by atoms with E-state index in [1.807, 2.05) is 42.5 Å². The lowest BCUT2D eigenvalue weighted by atomic mass is 9.77. The van der Waals surface area contributed by atoms with Crippen molar-refractivity contribution in [3.8, 4) is 11.5 Å². The van der Waals surface area contributed by atoms with Gasteiger partial charge in [-0.1, -0.05) is 54.6 Å². The number of carbonyl (C=O) groups is 1. The Morgan fingerprint density at radius 3 is 2.35 bits per heavy atom. The molecule has 0 aromatic heterocycles. The lowest BCUT2D eigenvalue weighted by Crippen LogP contribution is -2.33. The van der Waals surface area contributed by atoms with Gasteiger partial charge in [0.25, 0.3) is 0 Å². The van der Waals surface area contributed by atoms with Crippen LogP contribution in [-0.2, 0) is 10.3 Å². The van der Waals surface area contributed by atoms with E-state index >= 15 is 0 Å². The van der Waals surface area contributed by atoms with Gasteiger partial charge in [0, 0.05) is 58.3 Å². The molecule has 2 heterocycles. The standard InChI is InChI=1S/C35H30N2O3/c1-4-37(5-2)24-17-18-28-33(20-24)39-32-19-22(3)31(36-30-16-10-12-23-11-6-7-13-25(23)30)21-29(32)35(28)27-15-9-8-14-26(27)34(38)40-35/h6-21,36H,4-5H2,1-3H3. The van der Waals surface area contributed by atoms with E-state index in [1.54, 1.807) is 0 Å². The Labute approximate surface area is 234 Å². The molecule has 1 spiro atoms. The Kier molecular flexibility index (Phi) is 5.56. The Morgan fingerprint density at radius 2 is 1.50 bits per heavy atom. The van der Waals surface area contributed by atoms with Crippen LogP contribution >= 0.6 is 0 Å². The predicted octanol–water partition coefficient (Wildman–Crippen LogP) is 8.31. The molecular weight excluding hydrogens is 496 g/mol. The second-order valence-corrected chi connectivity index (χ2v) is 10.4. The summed E-state index contributed by atoms with van der Waals surface area (Å²) in [6.45, 7) is 8.13. The van der Waals surface area contributed by atoms with Gasteiger partial charge in [-0.15, -0.1) is 0 Å². The van der Waals surface area contributed by atoms with Gasteiger partial charge in [0.15, 0.2) is 5.60 Å². The topological polar surface area (TPSA) is 50.8 Å². The molecule has 5 aromatic rings. The van der Waals surface area contributed by atoms with Crippen LogP contribution in [0.2, 0.25) is 0 Å². The van der Waals surface area contributed by atoms with E-state index in [4.69, 9.17) is 9.47 Å². The fourth-order valence-corrected chi connectivity index (χ4v) is 6.21. The highest BCUT2D eigenvalue weighted by Crippen LogP contribution is 2.57. The summed E-state index contributed by atoms with van der Waals surface area (Å²) in [7, 11) is 0. The molecule has 0 saturated heterocycles. The summed E-state index contributed by atoms with van der Waals surface area (Å²) in [6.07, 6.45) is 0. The fraction of sp³-hybridized carbons (Fsp3) is 0.171. The van der Waals surface area contributed by atoms with E-state index < -0.39 is 5.60 Å². The van der Waals surface area contributed by atoms with Crippen LogP contribution in [-0.4, -0.2) is 19.1 Å². The summed E-state index contributed by atoms with van der Waals surface area (Å²) in [5.74, 6) is 1.07. The van der Waals surface area contributed by atoms with Gasteiger partial charge >= 0.3 is 5.97 Å². The maximum Gasteiger partial charge on any atom is 0.340 e. The smallest absolute Gasteiger partial charge is 0.340 e. The number of aryl methyl sites for hydroxylation is 1. The van der Waals surface area contributed by atoms with E-state index in [1.165, 1.54) is 5.39 Å². The van der Waals surface area contributed by atoms with Crippen LogP contribution in [0, 0.1) is 6.92 Å². The van der Waals surface area contributed by atoms with Gasteiger partial charge in [0.2, 0.25) is 0 Å². The quantitative estimate of drug-likeness (QED) is 0.233. The molecule has 0 radical (unpaired) electrons. The number of esters is 1. The highest BCUT2D eigenvalue weighted by atomic mass is 16.6. The maximum atomic E-state index is 13.3. The Bertz CT molecular complexity index is 1800. The Balaban J connectivity index is 1.44. The number of ether oxygens (including phenoxy) is 2. The van der Waals surface area contributed by atoms with E-state index in [0.717, 1.165) is 57.8 Å². The van der Waals surface area contributed by atoms with Crippen molar-refractivity contribution in [2.45, 2.75) is 26.4 Å². The molecule has 5 heteroatoms. The summed E-state index contributed by atoms with van der Waals surface area (Å²) in [5, 5.41) is 5.97. The Hall–Kier alpha value is -4.77. The van der Waals surface area contributed by atoms with Gasteiger partial charge in [-0.25, -0.2) is 4.79 Å². The molecule has 0 amide bonds. The third-order valence-electron chi connectivity index (χ3n) is 8.23. The molecule has 0 saturated carbocycles. The minimum Gasteiger partial charge on any atom is -0.456 e. The third kappa shape index (κ3) is 3.51. The minimum atomic E-state index is -1.11. The highest BCUT2D eigenvalue weighted by molar-refractivity contribution is 5.98. The molecule has 5 aromatic carbocycles. The summed E-state index contributed by atoms with van der Waals surface area (Å²) in [5.41, 5.74) is 5.99. The van der Waals surface area contributed by atoms with Crippen LogP contribution < -0.4 is 15.0 Å². The number of anilines is 3. The number of fused-ring (bicyclic) bond motifs is 7. The maximum absolute atomic E-state index is 13.3. The van der Waals surface area contributed by atoms with E-state index in [-0.39, 0.29) is 5.97 Å². The van der Waals surface area contributed by atoms with Gasteiger partial charge in [0.1, 0.15) is 11.5 Å². The van der Waals surface area contributed by atoms with E-state index in [2.05, 4.69) is 85.6 Å². The number of carbonyl (C=O) groups excluding carboxylic acids is 1. The first-order valence-electron chi connectivity index (χ1n) is 13.8. The van der Waals surface area contributed by atoms with Crippen LogP contribution in [0.1, 0.15) is 46.5 Å². The van der Waals surface area contributed by atoms with Gasteiger partial charge in [-0.05, 0) is 68.1 Å². The molecule has 7 rings (SSSR count). The average Bonchev–Trinajstić information content (AvgIpc) is 3.27. The molecule has 198 valence electrons. The fourth-order valence-electron chi connectivity index (χ4n) is 6.21. The summed E-state index contributed by atoms with van der Waals surface area (Å²) < 4.78 is 13.0. The summed E-state index contributed by atoms with van der Waals surface area (Å²) >= 11 is 0. The lowest BCUT2D eigenvalue weighted by molar-refractivity contribution is 0.0224. The van der Waals surface area contributed by atoms with Crippen molar-refractivity contribution < 1.29 is 14.3 Å². The van der Waals surface area contributed by atoms with Crippen molar-refractivity contribution >= 4 is 33.8 Å². The van der Waals surface area contributed by atoms with Gasteiger partial charge in [0.05, 0.1) is 5.56 Å².